The van der Waals surface area contributed by atoms with E-state index in [4.69, 9.17) is 0 Å². The van der Waals surface area contributed by atoms with Crippen LogP contribution in [0.25, 0.3) is 6.08 Å². The van der Waals surface area contributed by atoms with Gasteiger partial charge in [-0.1, -0.05) is 35.9 Å². The zero-order chi connectivity index (χ0) is 14.5. The minimum absolute atomic E-state index is 0.0240. The average molecular weight is 267 g/mol. The van der Waals surface area contributed by atoms with Crippen LogP contribution in [0, 0.1) is 17.0 Å². The molecule has 0 fully saturated rings. The minimum atomic E-state index is -0.490. The van der Waals surface area contributed by atoms with E-state index in [-0.39, 0.29) is 11.5 Å². The second-order valence-electron chi connectivity index (χ2n) is 4.41. The molecule has 0 aromatic heterocycles. The van der Waals surface area contributed by atoms with Crippen LogP contribution < -0.4 is 0 Å². The van der Waals surface area contributed by atoms with Gasteiger partial charge in [-0.3, -0.25) is 14.9 Å². The highest BCUT2D eigenvalue weighted by atomic mass is 16.6. The number of rotatable bonds is 4. The number of carbonyl (C=O) groups is 1. The van der Waals surface area contributed by atoms with Crippen molar-refractivity contribution in [3.05, 3.63) is 81.4 Å². The van der Waals surface area contributed by atoms with Crippen LogP contribution in [0.3, 0.4) is 0 Å². The number of benzene rings is 2. The fourth-order valence-electron chi connectivity index (χ4n) is 1.69. The lowest BCUT2D eigenvalue weighted by molar-refractivity contribution is -0.384. The van der Waals surface area contributed by atoms with Gasteiger partial charge < -0.3 is 0 Å². The molecule has 0 aliphatic heterocycles. The van der Waals surface area contributed by atoms with Gasteiger partial charge in [-0.2, -0.15) is 0 Å². The molecule has 0 aliphatic carbocycles. The Morgan fingerprint density at radius 3 is 2.20 bits per heavy atom. The van der Waals surface area contributed by atoms with E-state index >= 15 is 0 Å². The van der Waals surface area contributed by atoms with E-state index < -0.39 is 4.92 Å². The number of carbonyl (C=O) groups excluding carboxylic acids is 1. The van der Waals surface area contributed by atoms with Gasteiger partial charge in [0.15, 0.2) is 5.78 Å². The number of hydrogen-bond acceptors (Lipinski definition) is 3. The molecule has 4 heteroatoms. The highest BCUT2D eigenvalue weighted by Gasteiger charge is 2.06. The van der Waals surface area contributed by atoms with Crippen LogP contribution in [0.5, 0.6) is 0 Å². The zero-order valence-electron chi connectivity index (χ0n) is 10.9. The van der Waals surface area contributed by atoms with Crippen molar-refractivity contribution < 1.29 is 9.72 Å². The van der Waals surface area contributed by atoms with Crippen LogP contribution in [-0.4, -0.2) is 10.7 Å². The lowest BCUT2D eigenvalue weighted by Gasteiger charge is -1.97. The zero-order valence-corrected chi connectivity index (χ0v) is 10.9. The molecule has 20 heavy (non-hydrogen) atoms. The molecule has 0 unspecified atom stereocenters. The summed E-state index contributed by atoms with van der Waals surface area (Å²) in [4.78, 5) is 21.9. The molecule has 0 radical (unpaired) electrons. The molecule has 2 aromatic rings. The predicted molar refractivity (Wildman–Crippen MR) is 77.6 cm³/mol. The summed E-state index contributed by atoms with van der Waals surface area (Å²) in [5.74, 6) is -0.180. The van der Waals surface area contributed by atoms with Gasteiger partial charge in [0.05, 0.1) is 4.92 Å². The van der Waals surface area contributed by atoms with Crippen molar-refractivity contribution in [2.45, 2.75) is 6.92 Å². The van der Waals surface area contributed by atoms with E-state index in [0.29, 0.717) is 5.56 Å². The Morgan fingerprint density at radius 1 is 1.05 bits per heavy atom. The van der Waals surface area contributed by atoms with Crippen molar-refractivity contribution in [3.63, 3.8) is 0 Å². The van der Waals surface area contributed by atoms with Gasteiger partial charge in [0, 0.05) is 17.7 Å². The van der Waals surface area contributed by atoms with Crippen molar-refractivity contribution in [2.75, 3.05) is 0 Å². The first-order valence-electron chi connectivity index (χ1n) is 6.10. The molecule has 0 saturated carbocycles. The molecule has 0 atom stereocenters. The lowest BCUT2D eigenvalue weighted by atomic mass is 10.1. The molecule has 0 heterocycles. The van der Waals surface area contributed by atoms with Crippen LogP contribution in [0.2, 0.25) is 0 Å². The summed E-state index contributed by atoms with van der Waals surface area (Å²) in [6.45, 7) is 2.00. The first kappa shape index (κ1) is 13.7. The monoisotopic (exact) mass is 267 g/mol. The van der Waals surface area contributed by atoms with Crippen molar-refractivity contribution in [3.8, 4) is 0 Å². The molecule has 2 aromatic carbocycles. The molecular weight excluding hydrogens is 254 g/mol. The summed E-state index contributed by atoms with van der Waals surface area (Å²) in [7, 11) is 0. The number of aryl methyl sites for hydroxylation is 1. The Labute approximate surface area is 116 Å². The summed E-state index contributed by atoms with van der Waals surface area (Å²) < 4.78 is 0. The molecule has 0 amide bonds. The maximum absolute atomic E-state index is 11.9. The van der Waals surface area contributed by atoms with E-state index in [1.54, 1.807) is 6.08 Å². The van der Waals surface area contributed by atoms with Crippen LogP contribution in [0.15, 0.2) is 54.6 Å². The van der Waals surface area contributed by atoms with Gasteiger partial charge in [-0.05, 0) is 30.7 Å². The molecule has 0 N–H and O–H groups in total. The molecule has 0 bridgehead atoms. The van der Waals surface area contributed by atoms with Crippen molar-refractivity contribution in [1.82, 2.24) is 0 Å². The fraction of sp³-hybridized carbons (Fsp3) is 0.0625. The molecule has 0 spiro atoms. The summed E-state index contributed by atoms with van der Waals surface area (Å²) in [6.07, 6.45) is 3.19. The minimum Gasteiger partial charge on any atom is -0.289 e. The van der Waals surface area contributed by atoms with Crippen LogP contribution in [0.1, 0.15) is 21.5 Å². The van der Waals surface area contributed by atoms with Gasteiger partial charge in [0.25, 0.3) is 5.69 Å². The smallest absolute Gasteiger partial charge is 0.269 e. The summed E-state index contributed by atoms with van der Waals surface area (Å²) >= 11 is 0. The topological polar surface area (TPSA) is 60.2 Å². The summed E-state index contributed by atoms with van der Waals surface area (Å²) in [5.41, 5.74) is 2.50. The molecule has 0 saturated heterocycles. The third-order valence-electron chi connectivity index (χ3n) is 2.87. The molecule has 2 rings (SSSR count). The van der Waals surface area contributed by atoms with E-state index in [9.17, 15) is 14.9 Å². The van der Waals surface area contributed by atoms with E-state index in [2.05, 4.69) is 0 Å². The van der Waals surface area contributed by atoms with Gasteiger partial charge in [0.1, 0.15) is 0 Å². The molecule has 4 nitrogen and oxygen atoms in total. The third-order valence-corrected chi connectivity index (χ3v) is 2.87. The second kappa shape index (κ2) is 5.93. The van der Waals surface area contributed by atoms with E-state index in [1.807, 2.05) is 31.2 Å². The Bertz CT molecular complexity index is 655. The van der Waals surface area contributed by atoms with Crippen molar-refractivity contribution >= 4 is 17.5 Å². The quantitative estimate of drug-likeness (QED) is 0.366. The Morgan fingerprint density at radius 2 is 1.65 bits per heavy atom. The predicted octanol–water partition coefficient (Wildman–Crippen LogP) is 3.80. The SMILES string of the molecule is Cc1ccc(/C=C\C(=O)c2ccc([N+](=O)[O-])cc2)cc1. The average Bonchev–Trinajstić information content (AvgIpc) is 2.46. The summed E-state index contributed by atoms with van der Waals surface area (Å²) in [5, 5.41) is 10.5. The first-order valence-corrected chi connectivity index (χ1v) is 6.10. The maximum Gasteiger partial charge on any atom is 0.269 e. The highest BCUT2D eigenvalue weighted by Crippen LogP contribution is 2.13. The molecule has 100 valence electrons. The first-order chi connectivity index (χ1) is 9.56. The Kier molecular flexibility index (Phi) is 4.05. The van der Waals surface area contributed by atoms with Gasteiger partial charge in [0.2, 0.25) is 0 Å². The van der Waals surface area contributed by atoms with Crippen LogP contribution in [-0.2, 0) is 0 Å². The van der Waals surface area contributed by atoms with Crippen molar-refractivity contribution in [1.29, 1.82) is 0 Å². The number of non-ortho nitro benzene ring substituents is 1. The molecular formula is C16H13NO3. The number of nitro groups is 1. The van der Waals surface area contributed by atoms with Gasteiger partial charge in [-0.25, -0.2) is 0 Å². The Balaban J connectivity index is 2.11. The third kappa shape index (κ3) is 3.38. The van der Waals surface area contributed by atoms with E-state index in [1.165, 1.54) is 30.3 Å². The largest absolute Gasteiger partial charge is 0.289 e. The number of nitrogens with zero attached hydrogens (tertiary/aromatic N) is 1. The number of nitro benzene ring substituents is 1. The maximum atomic E-state index is 11.9. The fourth-order valence-corrected chi connectivity index (χ4v) is 1.69. The van der Waals surface area contributed by atoms with E-state index in [0.717, 1.165) is 11.1 Å². The normalized spacial score (nSPS) is 10.7. The van der Waals surface area contributed by atoms with Crippen molar-refractivity contribution in [2.24, 2.45) is 0 Å². The van der Waals surface area contributed by atoms with Crippen LogP contribution in [0.4, 0.5) is 5.69 Å². The Hall–Kier alpha value is -2.75. The second-order valence-corrected chi connectivity index (χ2v) is 4.41. The number of ketones is 1. The summed E-state index contributed by atoms with van der Waals surface area (Å²) in [6, 6.07) is 13.4. The highest BCUT2D eigenvalue weighted by molar-refractivity contribution is 6.06. The van der Waals surface area contributed by atoms with Crippen LogP contribution >= 0.6 is 0 Å². The lowest BCUT2D eigenvalue weighted by Crippen LogP contribution is -1.95. The molecule has 0 aliphatic rings. The number of allylic oxidation sites excluding steroid dienone is 1. The number of hydrogen-bond donors (Lipinski definition) is 0. The van der Waals surface area contributed by atoms with Gasteiger partial charge in [-0.15, -0.1) is 0 Å². The standard InChI is InChI=1S/C16H13NO3/c1-12-2-4-13(5-3-12)6-11-16(18)14-7-9-15(10-8-14)17(19)20/h2-11H,1H3/b11-6-. The van der Waals surface area contributed by atoms with Gasteiger partial charge >= 0.3 is 0 Å².